The van der Waals surface area contributed by atoms with Gasteiger partial charge >= 0.3 is 0 Å². The van der Waals surface area contributed by atoms with Crippen LogP contribution < -0.4 is 10.2 Å². The highest BCUT2D eigenvalue weighted by Crippen LogP contribution is 2.28. The van der Waals surface area contributed by atoms with E-state index in [1.165, 1.54) is 11.8 Å². The molecular formula is C24H23N3O2. The van der Waals surface area contributed by atoms with Crippen LogP contribution in [0.15, 0.2) is 60.8 Å². The zero-order valence-electron chi connectivity index (χ0n) is 16.6. The van der Waals surface area contributed by atoms with E-state index >= 15 is 0 Å². The van der Waals surface area contributed by atoms with Crippen LogP contribution in [0.2, 0.25) is 0 Å². The summed E-state index contributed by atoms with van der Waals surface area (Å²) in [4.78, 5) is 31.7. The molecule has 0 bridgehead atoms. The molecule has 0 radical (unpaired) electrons. The number of nitrogens with zero attached hydrogens (tertiary/aromatic N) is 2. The molecule has 1 N–H and O–H groups in total. The number of carbonyl (C=O) groups excluding carboxylic acids is 2. The molecule has 0 aliphatic carbocycles. The standard InChI is InChI=1S/C24H23N3O2/c1-16-7-5-10-20(17(16)2)23(28)26-22-13-12-19(15-25-22)24(29)27-14-6-9-18-8-3-4-11-21(18)27/h3-5,7-8,10-13,15H,6,9,14H2,1-2H3,(H,25,26,28). The van der Waals surface area contributed by atoms with E-state index in [0.29, 0.717) is 23.5 Å². The molecular weight excluding hydrogens is 362 g/mol. The maximum absolute atomic E-state index is 13.0. The van der Waals surface area contributed by atoms with Gasteiger partial charge in [0.05, 0.1) is 5.56 Å². The fourth-order valence-electron chi connectivity index (χ4n) is 3.68. The maximum atomic E-state index is 13.0. The molecule has 0 saturated heterocycles. The van der Waals surface area contributed by atoms with E-state index in [0.717, 1.165) is 29.7 Å². The lowest BCUT2D eigenvalue weighted by Gasteiger charge is -2.29. The molecule has 0 saturated carbocycles. The molecule has 0 atom stereocenters. The summed E-state index contributed by atoms with van der Waals surface area (Å²) in [5, 5.41) is 2.81. The highest BCUT2D eigenvalue weighted by Gasteiger charge is 2.23. The lowest BCUT2D eigenvalue weighted by molar-refractivity contribution is 0.0983. The third kappa shape index (κ3) is 3.76. The SMILES string of the molecule is Cc1cccc(C(=O)Nc2ccc(C(=O)N3CCCc4ccccc43)cn2)c1C. The van der Waals surface area contributed by atoms with Crippen LogP contribution in [0, 0.1) is 13.8 Å². The Bertz CT molecular complexity index is 1070. The van der Waals surface area contributed by atoms with Gasteiger partial charge in [0.2, 0.25) is 0 Å². The Morgan fingerprint density at radius 3 is 2.62 bits per heavy atom. The number of hydrogen-bond acceptors (Lipinski definition) is 3. The van der Waals surface area contributed by atoms with E-state index in [9.17, 15) is 9.59 Å². The Kier molecular flexibility index (Phi) is 5.12. The second-order valence-electron chi connectivity index (χ2n) is 7.32. The number of carbonyl (C=O) groups is 2. The Hall–Kier alpha value is -3.47. The van der Waals surface area contributed by atoms with Gasteiger partial charge in [-0.25, -0.2) is 4.98 Å². The van der Waals surface area contributed by atoms with Gasteiger partial charge in [-0.2, -0.15) is 0 Å². The van der Waals surface area contributed by atoms with E-state index < -0.39 is 0 Å². The molecule has 5 nitrogen and oxygen atoms in total. The lowest BCUT2D eigenvalue weighted by Crippen LogP contribution is -2.35. The Morgan fingerprint density at radius 2 is 1.83 bits per heavy atom. The number of rotatable bonds is 3. The zero-order chi connectivity index (χ0) is 20.4. The summed E-state index contributed by atoms with van der Waals surface area (Å²) in [7, 11) is 0. The van der Waals surface area contributed by atoms with Crippen molar-refractivity contribution in [1.82, 2.24) is 4.98 Å². The van der Waals surface area contributed by atoms with Crippen LogP contribution in [0.4, 0.5) is 11.5 Å². The number of fused-ring (bicyclic) bond motifs is 1. The number of aromatic nitrogens is 1. The van der Waals surface area contributed by atoms with E-state index in [-0.39, 0.29) is 11.8 Å². The van der Waals surface area contributed by atoms with Crippen molar-refractivity contribution in [2.45, 2.75) is 26.7 Å². The van der Waals surface area contributed by atoms with Crippen LogP contribution in [-0.2, 0) is 6.42 Å². The molecule has 2 amide bonds. The van der Waals surface area contributed by atoms with E-state index in [1.54, 1.807) is 18.2 Å². The van der Waals surface area contributed by atoms with Crippen molar-refractivity contribution in [2.24, 2.45) is 0 Å². The molecule has 146 valence electrons. The second kappa shape index (κ2) is 7.87. The van der Waals surface area contributed by atoms with Crippen molar-refractivity contribution in [1.29, 1.82) is 0 Å². The maximum Gasteiger partial charge on any atom is 0.259 e. The molecule has 1 aliphatic heterocycles. The normalized spacial score (nSPS) is 13.0. The van der Waals surface area contributed by atoms with Gasteiger partial charge in [-0.1, -0.05) is 30.3 Å². The highest BCUT2D eigenvalue weighted by molar-refractivity contribution is 6.07. The van der Waals surface area contributed by atoms with Crippen LogP contribution >= 0.6 is 0 Å². The number of anilines is 2. The smallest absolute Gasteiger partial charge is 0.259 e. The van der Waals surface area contributed by atoms with Gasteiger partial charge < -0.3 is 10.2 Å². The van der Waals surface area contributed by atoms with Gasteiger partial charge in [0.1, 0.15) is 5.82 Å². The zero-order valence-corrected chi connectivity index (χ0v) is 16.6. The molecule has 1 aliphatic rings. The number of amides is 2. The average Bonchev–Trinajstić information content (AvgIpc) is 2.75. The molecule has 3 aromatic rings. The second-order valence-corrected chi connectivity index (χ2v) is 7.32. The van der Waals surface area contributed by atoms with Crippen LogP contribution in [-0.4, -0.2) is 23.3 Å². The number of nitrogens with one attached hydrogen (secondary N) is 1. The molecule has 5 heteroatoms. The molecule has 2 heterocycles. The molecule has 2 aromatic carbocycles. The third-order valence-corrected chi connectivity index (χ3v) is 5.46. The molecule has 1 aromatic heterocycles. The van der Waals surface area contributed by atoms with Gasteiger partial charge in [-0.3, -0.25) is 9.59 Å². The Labute approximate surface area is 170 Å². The van der Waals surface area contributed by atoms with Gasteiger partial charge in [-0.05, 0) is 67.6 Å². The van der Waals surface area contributed by atoms with Crippen LogP contribution in [0.1, 0.15) is 43.8 Å². The first-order valence-electron chi connectivity index (χ1n) is 9.78. The number of benzene rings is 2. The summed E-state index contributed by atoms with van der Waals surface area (Å²) in [5.74, 6) is 0.145. The van der Waals surface area contributed by atoms with E-state index in [2.05, 4.69) is 16.4 Å². The fraction of sp³-hybridized carbons (Fsp3) is 0.208. The quantitative estimate of drug-likeness (QED) is 0.720. The van der Waals surface area contributed by atoms with Crippen molar-refractivity contribution < 1.29 is 9.59 Å². The predicted octanol–water partition coefficient (Wildman–Crippen LogP) is 4.54. The fourth-order valence-corrected chi connectivity index (χ4v) is 3.68. The highest BCUT2D eigenvalue weighted by atomic mass is 16.2. The van der Waals surface area contributed by atoms with Crippen molar-refractivity contribution in [3.63, 3.8) is 0 Å². The number of para-hydroxylation sites is 1. The number of hydrogen-bond donors (Lipinski definition) is 1. The monoisotopic (exact) mass is 385 g/mol. The van der Waals surface area contributed by atoms with Crippen LogP contribution in [0.25, 0.3) is 0 Å². The largest absolute Gasteiger partial charge is 0.308 e. The molecule has 29 heavy (non-hydrogen) atoms. The minimum atomic E-state index is -0.206. The summed E-state index contributed by atoms with van der Waals surface area (Å²) in [5.41, 5.74) is 5.30. The lowest BCUT2D eigenvalue weighted by atomic mass is 10.0. The van der Waals surface area contributed by atoms with Gasteiger partial charge in [0, 0.05) is 24.0 Å². The summed E-state index contributed by atoms with van der Waals surface area (Å²) in [6.07, 6.45) is 3.46. The summed E-state index contributed by atoms with van der Waals surface area (Å²) >= 11 is 0. The van der Waals surface area contributed by atoms with Crippen molar-refractivity contribution in [3.05, 3.63) is 88.6 Å². The van der Waals surface area contributed by atoms with E-state index in [4.69, 9.17) is 0 Å². The topological polar surface area (TPSA) is 62.3 Å². The first kappa shape index (κ1) is 18.9. The minimum Gasteiger partial charge on any atom is -0.308 e. The molecule has 0 unspecified atom stereocenters. The summed E-state index contributed by atoms with van der Waals surface area (Å²) in [6.45, 7) is 4.60. The minimum absolute atomic E-state index is 0.0722. The Morgan fingerprint density at radius 1 is 1.00 bits per heavy atom. The van der Waals surface area contributed by atoms with Crippen molar-refractivity contribution in [2.75, 3.05) is 16.8 Å². The van der Waals surface area contributed by atoms with Gasteiger partial charge in [0.25, 0.3) is 11.8 Å². The van der Waals surface area contributed by atoms with Crippen LogP contribution in [0.5, 0.6) is 0 Å². The molecule has 0 fully saturated rings. The number of pyridine rings is 1. The summed E-state index contributed by atoms with van der Waals surface area (Å²) in [6, 6.07) is 17.0. The summed E-state index contributed by atoms with van der Waals surface area (Å²) < 4.78 is 0. The molecule has 0 spiro atoms. The van der Waals surface area contributed by atoms with Crippen molar-refractivity contribution in [3.8, 4) is 0 Å². The van der Waals surface area contributed by atoms with Gasteiger partial charge in [0.15, 0.2) is 0 Å². The first-order valence-corrected chi connectivity index (χ1v) is 9.78. The third-order valence-electron chi connectivity index (χ3n) is 5.46. The molecule has 4 rings (SSSR count). The average molecular weight is 385 g/mol. The van der Waals surface area contributed by atoms with E-state index in [1.807, 2.05) is 49.1 Å². The van der Waals surface area contributed by atoms with Crippen LogP contribution in [0.3, 0.4) is 0 Å². The Balaban J connectivity index is 1.51. The predicted molar refractivity (Wildman–Crippen MR) is 115 cm³/mol. The van der Waals surface area contributed by atoms with Gasteiger partial charge in [-0.15, -0.1) is 0 Å². The van der Waals surface area contributed by atoms with Crippen molar-refractivity contribution >= 4 is 23.3 Å². The number of aryl methyl sites for hydroxylation is 2. The first-order chi connectivity index (χ1) is 14.0.